The normalized spacial score (nSPS) is 20.1. The first kappa shape index (κ1) is 32.5. The Morgan fingerprint density at radius 3 is 2.22 bits per heavy atom. The van der Waals surface area contributed by atoms with E-state index in [1.807, 2.05) is 62.4 Å². The van der Waals surface area contributed by atoms with Crippen LogP contribution in [0, 0.1) is 11.6 Å². The summed E-state index contributed by atoms with van der Waals surface area (Å²) in [6.07, 6.45) is 4.81. The molecule has 0 radical (unpaired) electrons. The number of hydrogen-bond donors (Lipinski definition) is 0. The van der Waals surface area contributed by atoms with Crippen LogP contribution in [0.25, 0.3) is 5.69 Å². The van der Waals surface area contributed by atoms with Gasteiger partial charge in [0.25, 0.3) is 0 Å². The fourth-order valence-corrected chi connectivity index (χ4v) is 6.24. The largest absolute Gasteiger partial charge is 0.491 e. The Balaban J connectivity index is 0.925. The van der Waals surface area contributed by atoms with Crippen molar-refractivity contribution in [2.45, 2.75) is 44.7 Å². The highest BCUT2D eigenvalue weighted by atomic mass is 19.1. The third-order valence-corrected chi connectivity index (χ3v) is 9.17. The molecule has 0 spiro atoms. The van der Waals surface area contributed by atoms with Gasteiger partial charge in [0.05, 0.1) is 12.3 Å². The lowest BCUT2D eigenvalue weighted by Crippen LogP contribution is -2.46. The molecule has 2 aliphatic rings. The summed E-state index contributed by atoms with van der Waals surface area (Å²) >= 11 is 0. The second-order valence-corrected chi connectivity index (χ2v) is 12.3. The lowest BCUT2D eigenvalue weighted by Gasteiger charge is -2.37. The van der Waals surface area contributed by atoms with E-state index in [-0.39, 0.29) is 37.1 Å². The smallest absolute Gasteiger partial charge is 0.350 e. The van der Waals surface area contributed by atoms with Gasteiger partial charge in [0.2, 0.25) is 5.79 Å². The van der Waals surface area contributed by atoms with Gasteiger partial charge >= 0.3 is 5.69 Å². The van der Waals surface area contributed by atoms with Gasteiger partial charge in [-0.2, -0.15) is 14.9 Å². The van der Waals surface area contributed by atoms with Gasteiger partial charge < -0.3 is 24.0 Å². The van der Waals surface area contributed by atoms with Gasteiger partial charge in [-0.1, -0.05) is 6.92 Å². The molecule has 0 bridgehead atoms. The standard InChI is InChI=1S/C35H38F2N8O4/c1-3-25(2)44-24-40-45(34(44)46)29-7-5-27(6-8-29)41-14-16-42(17-15-41)28-9-11-30(12-10-28)47-19-31-20-48-35(49-31,21-43-23-38-22-39-43)32-13-4-26(36)18-33(32)37/h4-13,18,22-25,31H,3,14-17,19-21H2,1-2H3/t25?,31-,35-/m1/s1. The van der Waals surface area contributed by atoms with Crippen molar-refractivity contribution in [2.75, 3.05) is 49.2 Å². The van der Waals surface area contributed by atoms with Gasteiger partial charge in [0.15, 0.2) is 0 Å². The van der Waals surface area contributed by atoms with Crippen molar-refractivity contribution in [3.63, 3.8) is 0 Å². The molecule has 2 aliphatic heterocycles. The summed E-state index contributed by atoms with van der Waals surface area (Å²) in [7, 11) is 0. The SMILES string of the molecule is CCC(C)n1cnn(-c2ccc(N3CCN(c4ccc(OC[C@@H]5CO[C@@](Cn6cncn6)(c6ccc(F)cc6F)O5)cc4)CC3)cc2)c1=O. The summed E-state index contributed by atoms with van der Waals surface area (Å²) in [4.78, 5) is 21.4. The van der Waals surface area contributed by atoms with Crippen molar-refractivity contribution in [1.82, 2.24) is 29.1 Å². The lowest BCUT2D eigenvalue weighted by molar-refractivity contribution is -0.192. The maximum atomic E-state index is 14.9. The second-order valence-electron chi connectivity index (χ2n) is 12.3. The minimum Gasteiger partial charge on any atom is -0.491 e. The zero-order valence-electron chi connectivity index (χ0n) is 27.4. The van der Waals surface area contributed by atoms with Crippen molar-refractivity contribution < 1.29 is 23.0 Å². The van der Waals surface area contributed by atoms with Gasteiger partial charge in [0, 0.05) is 55.2 Å². The van der Waals surface area contributed by atoms with E-state index in [0.717, 1.165) is 55.7 Å². The van der Waals surface area contributed by atoms with Crippen LogP contribution in [0.5, 0.6) is 5.75 Å². The van der Waals surface area contributed by atoms with Crippen LogP contribution in [0.3, 0.4) is 0 Å². The fraction of sp³-hybridized carbons (Fsp3) is 0.371. The molecule has 0 saturated carbocycles. The molecule has 2 aromatic heterocycles. The summed E-state index contributed by atoms with van der Waals surface area (Å²) in [5.41, 5.74) is 2.89. The highest BCUT2D eigenvalue weighted by molar-refractivity contribution is 5.54. The van der Waals surface area contributed by atoms with Crippen molar-refractivity contribution in [2.24, 2.45) is 0 Å². The Morgan fingerprint density at radius 2 is 1.59 bits per heavy atom. The van der Waals surface area contributed by atoms with E-state index in [1.54, 1.807) is 10.9 Å². The number of benzene rings is 3. The van der Waals surface area contributed by atoms with E-state index in [1.165, 1.54) is 34.2 Å². The molecule has 4 heterocycles. The monoisotopic (exact) mass is 672 g/mol. The summed E-state index contributed by atoms with van der Waals surface area (Å²) < 4.78 is 51.4. The van der Waals surface area contributed by atoms with Crippen LogP contribution in [0.2, 0.25) is 0 Å². The van der Waals surface area contributed by atoms with Crippen LogP contribution >= 0.6 is 0 Å². The van der Waals surface area contributed by atoms with Crippen LogP contribution in [0.1, 0.15) is 31.9 Å². The summed E-state index contributed by atoms with van der Waals surface area (Å²) in [5, 5.41) is 8.42. The first-order chi connectivity index (χ1) is 23.8. The van der Waals surface area contributed by atoms with E-state index < -0.39 is 23.5 Å². The molecule has 7 rings (SSSR count). The molecule has 12 nitrogen and oxygen atoms in total. The molecule has 49 heavy (non-hydrogen) atoms. The third kappa shape index (κ3) is 6.78. The number of hydrogen-bond acceptors (Lipinski definition) is 9. The predicted molar refractivity (Wildman–Crippen MR) is 178 cm³/mol. The predicted octanol–water partition coefficient (Wildman–Crippen LogP) is 4.55. The molecule has 2 fully saturated rings. The Labute approximate surface area is 282 Å². The topological polar surface area (TPSA) is 105 Å². The van der Waals surface area contributed by atoms with Gasteiger partial charge in [-0.3, -0.25) is 4.57 Å². The summed E-state index contributed by atoms with van der Waals surface area (Å²) in [5.74, 6) is -2.30. The molecule has 2 saturated heterocycles. The number of anilines is 2. The Morgan fingerprint density at radius 1 is 0.918 bits per heavy atom. The molecule has 1 unspecified atom stereocenters. The van der Waals surface area contributed by atoms with Gasteiger partial charge in [0.1, 0.15) is 55.6 Å². The lowest BCUT2D eigenvalue weighted by atomic mass is 10.0. The molecule has 3 aromatic carbocycles. The Bertz CT molecular complexity index is 1910. The molecule has 14 heteroatoms. The van der Waals surface area contributed by atoms with Gasteiger partial charge in [-0.25, -0.2) is 23.2 Å². The molecular formula is C35H38F2N8O4. The molecular weight excluding hydrogens is 634 g/mol. The van der Waals surface area contributed by atoms with Crippen LogP contribution < -0.4 is 20.2 Å². The number of halogens is 2. The maximum absolute atomic E-state index is 14.9. The quantitative estimate of drug-likeness (QED) is 0.200. The zero-order chi connectivity index (χ0) is 34.0. The minimum absolute atomic E-state index is 0.0331. The highest BCUT2D eigenvalue weighted by Crippen LogP contribution is 2.38. The van der Waals surface area contributed by atoms with Gasteiger partial charge in [-0.05, 0) is 74.0 Å². The van der Waals surface area contributed by atoms with E-state index in [9.17, 15) is 13.6 Å². The van der Waals surface area contributed by atoms with Crippen molar-refractivity contribution in [1.29, 1.82) is 0 Å². The van der Waals surface area contributed by atoms with Crippen LogP contribution in [-0.4, -0.2) is 74.6 Å². The first-order valence-corrected chi connectivity index (χ1v) is 16.4. The van der Waals surface area contributed by atoms with E-state index in [4.69, 9.17) is 14.2 Å². The minimum atomic E-state index is -1.51. The average molecular weight is 673 g/mol. The van der Waals surface area contributed by atoms with Crippen molar-refractivity contribution >= 4 is 11.4 Å². The Hall–Kier alpha value is -5.08. The van der Waals surface area contributed by atoms with Crippen LogP contribution in [0.15, 0.2) is 90.5 Å². The second kappa shape index (κ2) is 13.8. The highest BCUT2D eigenvalue weighted by Gasteiger charge is 2.46. The van der Waals surface area contributed by atoms with E-state index >= 15 is 0 Å². The average Bonchev–Trinajstić information content (AvgIpc) is 3.88. The molecule has 0 aliphatic carbocycles. The molecule has 0 N–H and O–H groups in total. The van der Waals surface area contributed by atoms with E-state index in [0.29, 0.717) is 5.75 Å². The van der Waals surface area contributed by atoms with Crippen LogP contribution in [-0.2, 0) is 21.8 Å². The maximum Gasteiger partial charge on any atom is 0.350 e. The molecule has 3 atom stereocenters. The van der Waals surface area contributed by atoms with Gasteiger partial charge in [-0.15, -0.1) is 0 Å². The molecule has 256 valence electrons. The fourth-order valence-electron chi connectivity index (χ4n) is 6.24. The van der Waals surface area contributed by atoms with Crippen LogP contribution in [0.4, 0.5) is 20.2 Å². The zero-order valence-corrected chi connectivity index (χ0v) is 27.4. The Kier molecular flexibility index (Phi) is 9.15. The third-order valence-electron chi connectivity index (χ3n) is 9.17. The van der Waals surface area contributed by atoms with Crippen molar-refractivity contribution in [3.8, 4) is 11.4 Å². The number of aromatic nitrogens is 6. The number of ether oxygens (including phenoxy) is 3. The summed E-state index contributed by atoms with van der Waals surface area (Å²) in [6.45, 7) is 7.82. The first-order valence-electron chi connectivity index (χ1n) is 16.4. The number of nitrogens with zero attached hydrogens (tertiary/aromatic N) is 8. The van der Waals surface area contributed by atoms with E-state index in [2.05, 4.69) is 25.0 Å². The molecule has 5 aromatic rings. The summed E-state index contributed by atoms with van der Waals surface area (Å²) in [6, 6.07) is 19.3. The van der Waals surface area contributed by atoms with Crippen molar-refractivity contribution in [3.05, 3.63) is 113 Å². The molecule has 0 amide bonds. The number of piperazine rings is 1. The number of rotatable bonds is 11.